The SMILES string of the molecule is O=C(c1nn(-c2ccc(F)cc2)cc1O)N1CCC(Oc2ccc(Cl)cc2)CC1. The van der Waals surface area contributed by atoms with E-state index in [1.54, 1.807) is 17.0 Å². The molecule has 0 bridgehead atoms. The lowest BCUT2D eigenvalue weighted by Crippen LogP contribution is -2.42. The Labute approximate surface area is 172 Å². The van der Waals surface area contributed by atoms with Crippen molar-refractivity contribution in [3.63, 3.8) is 0 Å². The van der Waals surface area contributed by atoms with Crippen molar-refractivity contribution < 1.29 is 19.0 Å². The van der Waals surface area contributed by atoms with E-state index >= 15 is 0 Å². The van der Waals surface area contributed by atoms with Crippen LogP contribution in [0.4, 0.5) is 4.39 Å². The molecular weight excluding hydrogens is 397 g/mol. The average molecular weight is 416 g/mol. The molecule has 8 heteroatoms. The zero-order valence-corrected chi connectivity index (χ0v) is 16.2. The van der Waals surface area contributed by atoms with E-state index < -0.39 is 0 Å². The summed E-state index contributed by atoms with van der Waals surface area (Å²) < 4.78 is 20.4. The molecule has 2 aromatic carbocycles. The lowest BCUT2D eigenvalue weighted by Gasteiger charge is -2.31. The Morgan fingerprint density at radius 2 is 1.76 bits per heavy atom. The van der Waals surface area contributed by atoms with Crippen molar-refractivity contribution in [1.29, 1.82) is 0 Å². The Hall–Kier alpha value is -3.06. The average Bonchev–Trinajstić information content (AvgIpc) is 3.12. The number of benzene rings is 2. The number of halogens is 2. The van der Waals surface area contributed by atoms with E-state index in [0.29, 0.717) is 36.6 Å². The summed E-state index contributed by atoms with van der Waals surface area (Å²) in [5.41, 5.74) is 0.530. The standard InChI is InChI=1S/C21H19ClFN3O3/c22-14-1-7-17(8-2-14)29-18-9-11-25(12-10-18)21(28)20-19(27)13-26(24-20)16-5-3-15(23)4-6-16/h1-8,13,18,27H,9-12H2. The molecule has 1 fully saturated rings. The van der Waals surface area contributed by atoms with E-state index in [1.165, 1.54) is 35.1 Å². The van der Waals surface area contributed by atoms with Gasteiger partial charge in [0.15, 0.2) is 11.4 Å². The largest absolute Gasteiger partial charge is 0.504 e. The first-order valence-corrected chi connectivity index (χ1v) is 9.63. The van der Waals surface area contributed by atoms with Gasteiger partial charge in [0, 0.05) is 31.0 Å². The maximum atomic E-state index is 13.1. The maximum absolute atomic E-state index is 13.1. The molecule has 2 heterocycles. The minimum absolute atomic E-state index is 0.00518. The molecule has 0 aliphatic carbocycles. The number of likely N-dealkylation sites (tertiary alicyclic amines) is 1. The monoisotopic (exact) mass is 415 g/mol. The van der Waals surface area contributed by atoms with Gasteiger partial charge in [-0.25, -0.2) is 9.07 Å². The smallest absolute Gasteiger partial charge is 0.278 e. The van der Waals surface area contributed by atoms with Gasteiger partial charge in [-0.05, 0) is 48.5 Å². The van der Waals surface area contributed by atoms with Crippen molar-refractivity contribution >= 4 is 17.5 Å². The van der Waals surface area contributed by atoms with Crippen molar-refractivity contribution in [3.8, 4) is 17.2 Å². The number of nitrogens with zero attached hydrogens (tertiary/aromatic N) is 3. The molecule has 1 amide bonds. The number of amides is 1. The van der Waals surface area contributed by atoms with E-state index in [0.717, 1.165) is 5.75 Å². The van der Waals surface area contributed by atoms with Gasteiger partial charge < -0.3 is 14.7 Å². The van der Waals surface area contributed by atoms with Gasteiger partial charge in [-0.3, -0.25) is 4.79 Å². The molecule has 0 unspecified atom stereocenters. The van der Waals surface area contributed by atoms with Gasteiger partial charge in [0.2, 0.25) is 0 Å². The quantitative estimate of drug-likeness (QED) is 0.698. The highest BCUT2D eigenvalue weighted by Gasteiger charge is 2.28. The molecule has 1 N–H and O–H groups in total. The maximum Gasteiger partial charge on any atom is 0.278 e. The first-order chi connectivity index (χ1) is 14.0. The number of aromatic nitrogens is 2. The fourth-order valence-corrected chi connectivity index (χ4v) is 3.40. The normalized spacial score (nSPS) is 14.8. The summed E-state index contributed by atoms with van der Waals surface area (Å²) in [6, 6.07) is 12.8. The number of carbonyl (C=O) groups is 1. The number of rotatable bonds is 4. The first-order valence-electron chi connectivity index (χ1n) is 9.25. The van der Waals surface area contributed by atoms with Crippen LogP contribution < -0.4 is 4.74 Å². The lowest BCUT2D eigenvalue weighted by molar-refractivity contribution is 0.0587. The second-order valence-corrected chi connectivity index (χ2v) is 7.28. The summed E-state index contributed by atoms with van der Waals surface area (Å²) >= 11 is 5.88. The number of piperidine rings is 1. The molecule has 0 saturated carbocycles. The van der Waals surface area contributed by atoms with Crippen LogP contribution >= 0.6 is 11.6 Å². The van der Waals surface area contributed by atoms with Gasteiger partial charge in [0.25, 0.3) is 5.91 Å². The van der Waals surface area contributed by atoms with Crippen LogP contribution in [0.25, 0.3) is 5.69 Å². The minimum atomic E-state index is -0.370. The fourth-order valence-electron chi connectivity index (χ4n) is 3.28. The van der Waals surface area contributed by atoms with Crippen LogP contribution in [0.3, 0.4) is 0 Å². The van der Waals surface area contributed by atoms with Gasteiger partial charge in [0.1, 0.15) is 17.7 Å². The minimum Gasteiger partial charge on any atom is -0.504 e. The van der Waals surface area contributed by atoms with Crippen LogP contribution in [-0.2, 0) is 0 Å². The van der Waals surface area contributed by atoms with Crippen molar-refractivity contribution in [2.45, 2.75) is 18.9 Å². The molecule has 4 rings (SSSR count). The van der Waals surface area contributed by atoms with Crippen LogP contribution in [0.5, 0.6) is 11.5 Å². The van der Waals surface area contributed by atoms with Crippen LogP contribution in [0.1, 0.15) is 23.3 Å². The highest BCUT2D eigenvalue weighted by molar-refractivity contribution is 6.30. The van der Waals surface area contributed by atoms with Gasteiger partial charge in [-0.2, -0.15) is 5.10 Å². The fraction of sp³-hybridized carbons (Fsp3) is 0.238. The summed E-state index contributed by atoms with van der Waals surface area (Å²) in [6.07, 6.45) is 2.70. The second-order valence-electron chi connectivity index (χ2n) is 6.85. The predicted molar refractivity (Wildman–Crippen MR) is 106 cm³/mol. The Kier molecular flexibility index (Phi) is 5.40. The zero-order chi connectivity index (χ0) is 20.4. The topological polar surface area (TPSA) is 67.6 Å². The van der Waals surface area contributed by atoms with E-state index in [9.17, 15) is 14.3 Å². The Morgan fingerprint density at radius 3 is 2.41 bits per heavy atom. The molecule has 0 spiro atoms. The van der Waals surface area contributed by atoms with Gasteiger partial charge in [-0.15, -0.1) is 0 Å². The molecule has 1 saturated heterocycles. The van der Waals surface area contributed by atoms with Crippen LogP contribution in [-0.4, -0.2) is 44.9 Å². The number of aromatic hydroxyl groups is 1. The molecule has 1 aromatic heterocycles. The van der Waals surface area contributed by atoms with Crippen molar-refractivity contribution in [2.75, 3.05) is 13.1 Å². The van der Waals surface area contributed by atoms with Gasteiger partial charge >= 0.3 is 0 Å². The summed E-state index contributed by atoms with van der Waals surface area (Å²) in [4.78, 5) is 14.4. The molecule has 150 valence electrons. The Bertz CT molecular complexity index is 997. The van der Waals surface area contributed by atoms with Crippen LogP contribution in [0.2, 0.25) is 5.02 Å². The van der Waals surface area contributed by atoms with Gasteiger partial charge in [-0.1, -0.05) is 11.6 Å². The van der Waals surface area contributed by atoms with E-state index in [4.69, 9.17) is 16.3 Å². The highest BCUT2D eigenvalue weighted by atomic mass is 35.5. The lowest BCUT2D eigenvalue weighted by atomic mass is 10.1. The van der Waals surface area contributed by atoms with Gasteiger partial charge in [0.05, 0.1) is 11.9 Å². The third-order valence-electron chi connectivity index (χ3n) is 4.83. The first kappa shape index (κ1) is 19.3. The summed E-state index contributed by atoms with van der Waals surface area (Å²) in [5, 5.41) is 15.0. The molecule has 6 nitrogen and oxygen atoms in total. The van der Waals surface area contributed by atoms with Crippen molar-refractivity contribution in [2.24, 2.45) is 0 Å². The zero-order valence-electron chi connectivity index (χ0n) is 15.5. The highest BCUT2D eigenvalue weighted by Crippen LogP contribution is 2.24. The Morgan fingerprint density at radius 1 is 1.10 bits per heavy atom. The Balaban J connectivity index is 1.39. The molecule has 29 heavy (non-hydrogen) atoms. The second kappa shape index (κ2) is 8.13. The molecule has 0 atom stereocenters. The third-order valence-corrected chi connectivity index (χ3v) is 5.09. The summed E-state index contributed by atoms with van der Waals surface area (Å²) in [7, 11) is 0. The van der Waals surface area contributed by atoms with Crippen molar-refractivity contribution in [1.82, 2.24) is 14.7 Å². The number of carbonyl (C=O) groups excluding carboxylic acids is 1. The summed E-state index contributed by atoms with van der Waals surface area (Å²) in [6.45, 7) is 1.000. The molecule has 1 aliphatic heterocycles. The van der Waals surface area contributed by atoms with E-state index in [1.807, 2.05) is 12.1 Å². The number of ether oxygens (including phenoxy) is 1. The van der Waals surface area contributed by atoms with E-state index in [-0.39, 0.29) is 29.3 Å². The number of hydrogen-bond acceptors (Lipinski definition) is 4. The molecule has 1 aliphatic rings. The van der Waals surface area contributed by atoms with Crippen molar-refractivity contribution in [3.05, 3.63) is 71.3 Å². The third kappa shape index (κ3) is 4.35. The molecular formula is C21H19ClFN3O3. The number of hydrogen-bond donors (Lipinski definition) is 1. The predicted octanol–water partition coefficient (Wildman–Crippen LogP) is 4.05. The van der Waals surface area contributed by atoms with E-state index in [2.05, 4.69) is 5.10 Å². The van der Waals surface area contributed by atoms with Crippen LogP contribution in [0, 0.1) is 5.82 Å². The summed E-state index contributed by atoms with van der Waals surface area (Å²) in [5.74, 6) is -0.174. The van der Waals surface area contributed by atoms with Crippen LogP contribution in [0.15, 0.2) is 54.7 Å². The molecule has 3 aromatic rings. The molecule has 0 radical (unpaired) electrons.